The molecule has 0 saturated carbocycles. The molecule has 0 N–H and O–H groups in total. The predicted molar refractivity (Wildman–Crippen MR) is 180 cm³/mol. The fourth-order valence-electron chi connectivity index (χ4n) is 3.48. The molecule has 3 rings (SSSR count). The molecule has 0 aliphatic rings. The maximum Gasteiger partial charge on any atom is 0.343 e. The van der Waals surface area contributed by atoms with Crippen LogP contribution in [0.25, 0.3) is 6.08 Å². The summed E-state index contributed by atoms with van der Waals surface area (Å²) in [6.45, 7) is 10.4. The highest BCUT2D eigenvalue weighted by Crippen LogP contribution is 2.36. The van der Waals surface area contributed by atoms with Gasteiger partial charge in [0.05, 0.1) is 14.5 Å². The Morgan fingerprint density at radius 1 is 0.614 bits per heavy atom. The molecule has 8 nitrogen and oxygen atoms in total. The average Bonchev–Trinajstić information content (AvgIpc) is 2.88. The van der Waals surface area contributed by atoms with E-state index < -0.39 is 35.1 Å². The summed E-state index contributed by atoms with van der Waals surface area (Å²) in [7, 11) is 0. The monoisotopic (exact) mass is 856 g/mol. The van der Waals surface area contributed by atoms with Crippen molar-refractivity contribution in [2.45, 2.75) is 52.7 Å². The Balaban J connectivity index is 1.75. The van der Waals surface area contributed by atoms with E-state index in [1.807, 2.05) is 0 Å². The van der Waals surface area contributed by atoms with Crippen LogP contribution in [0.4, 0.5) is 0 Å². The molecule has 0 bridgehead atoms. The lowest BCUT2D eigenvalue weighted by Gasteiger charge is -2.21. The summed E-state index contributed by atoms with van der Waals surface area (Å²) in [6, 6.07) is 12.5. The molecule has 0 heterocycles. The van der Waals surface area contributed by atoms with Gasteiger partial charge in [0, 0.05) is 15.0 Å². The van der Waals surface area contributed by atoms with Gasteiger partial charge in [-0.1, -0.05) is 44.0 Å². The van der Waals surface area contributed by atoms with E-state index in [0.717, 1.165) is 0 Å². The molecule has 0 aliphatic carbocycles. The third-order valence-corrected chi connectivity index (χ3v) is 7.30. The smallest absolute Gasteiger partial charge is 0.343 e. The minimum absolute atomic E-state index is 0.0139. The lowest BCUT2D eigenvalue weighted by Crippen LogP contribution is -2.24. The number of carbonyl (C=O) groups excluding carboxylic acids is 4. The van der Waals surface area contributed by atoms with Crippen LogP contribution in [0.3, 0.4) is 0 Å². The molecule has 0 atom stereocenters. The van der Waals surface area contributed by atoms with Gasteiger partial charge in [-0.3, -0.25) is 0 Å². The van der Waals surface area contributed by atoms with Crippen molar-refractivity contribution in [1.82, 2.24) is 0 Å². The Morgan fingerprint density at radius 2 is 1.05 bits per heavy atom. The molecule has 232 valence electrons. The molecule has 0 aromatic heterocycles. The second-order valence-corrected chi connectivity index (χ2v) is 14.8. The van der Waals surface area contributed by atoms with Gasteiger partial charge in [0.1, 0.15) is 22.3 Å². The number of esters is 4. The third kappa shape index (κ3) is 10.4. The van der Waals surface area contributed by atoms with E-state index in [0.29, 0.717) is 23.5 Å². The number of carbonyl (C=O) groups is 4. The van der Waals surface area contributed by atoms with Crippen molar-refractivity contribution in [3.05, 3.63) is 94.8 Å². The molecule has 0 amide bonds. The van der Waals surface area contributed by atoms with Gasteiger partial charge < -0.3 is 18.9 Å². The molecular weight excluding hydrogens is 832 g/mol. The molecule has 0 fully saturated rings. The lowest BCUT2D eigenvalue weighted by atomic mass is 10.1. The van der Waals surface area contributed by atoms with Crippen molar-refractivity contribution in [1.29, 1.82) is 0 Å². The van der Waals surface area contributed by atoms with Crippen LogP contribution < -0.4 is 9.47 Å². The standard InChI is InChI=1S/C32H28Br4O8/c1-31(2,3)43-29(39)21-13-19(33)15-23(35)26(21)41-25(37)12-9-17-7-10-18(11-8-17)28(38)42-27-22(14-20(34)16-24(27)36)30(40)44-32(4,5)6/h7-16H,1-6H3/b12-9+. The first-order valence-corrected chi connectivity index (χ1v) is 16.2. The highest BCUT2D eigenvalue weighted by Gasteiger charge is 2.26. The summed E-state index contributed by atoms with van der Waals surface area (Å²) in [6.07, 6.45) is 2.68. The van der Waals surface area contributed by atoms with Gasteiger partial charge in [-0.05, 0) is 121 Å². The summed E-state index contributed by atoms with van der Waals surface area (Å²) in [4.78, 5) is 51.2. The molecular formula is C32H28Br4O8. The van der Waals surface area contributed by atoms with Crippen LogP contribution in [0.5, 0.6) is 11.5 Å². The summed E-state index contributed by atoms with van der Waals surface area (Å²) < 4.78 is 23.9. The molecule has 12 heteroatoms. The minimum atomic E-state index is -0.752. The van der Waals surface area contributed by atoms with Crippen molar-refractivity contribution >= 4 is 93.7 Å². The van der Waals surface area contributed by atoms with Crippen molar-refractivity contribution in [2.24, 2.45) is 0 Å². The van der Waals surface area contributed by atoms with Crippen molar-refractivity contribution < 1.29 is 38.1 Å². The van der Waals surface area contributed by atoms with E-state index in [2.05, 4.69) is 63.7 Å². The van der Waals surface area contributed by atoms with E-state index in [1.165, 1.54) is 36.4 Å². The van der Waals surface area contributed by atoms with Crippen LogP contribution in [0, 0.1) is 0 Å². The van der Waals surface area contributed by atoms with Crippen LogP contribution >= 0.6 is 63.7 Å². The van der Waals surface area contributed by atoms with Gasteiger partial charge in [0.2, 0.25) is 0 Å². The molecule has 0 radical (unpaired) electrons. The molecule has 0 spiro atoms. The summed E-state index contributed by atoms with van der Waals surface area (Å²) in [5, 5.41) is 0. The fraction of sp³-hybridized carbons (Fsp3) is 0.250. The largest absolute Gasteiger partial charge is 0.456 e. The highest BCUT2D eigenvalue weighted by molar-refractivity contribution is 9.11. The third-order valence-electron chi connectivity index (χ3n) is 5.21. The first-order valence-electron chi connectivity index (χ1n) is 13.0. The number of benzene rings is 3. The molecule has 3 aromatic carbocycles. The second-order valence-electron chi connectivity index (χ2n) is 11.3. The van der Waals surface area contributed by atoms with Gasteiger partial charge in [-0.2, -0.15) is 0 Å². The number of hydrogen-bond acceptors (Lipinski definition) is 8. The van der Waals surface area contributed by atoms with Gasteiger partial charge in [-0.25, -0.2) is 19.2 Å². The quantitative estimate of drug-likeness (QED) is 0.132. The number of hydrogen-bond donors (Lipinski definition) is 0. The maximum absolute atomic E-state index is 13.0. The van der Waals surface area contributed by atoms with Crippen molar-refractivity contribution in [3.63, 3.8) is 0 Å². The van der Waals surface area contributed by atoms with Crippen LogP contribution in [-0.4, -0.2) is 35.1 Å². The van der Waals surface area contributed by atoms with Crippen LogP contribution in [-0.2, 0) is 14.3 Å². The summed E-state index contributed by atoms with van der Waals surface area (Å²) >= 11 is 13.4. The van der Waals surface area contributed by atoms with Gasteiger partial charge in [-0.15, -0.1) is 0 Å². The maximum atomic E-state index is 13.0. The normalized spacial score (nSPS) is 11.7. The van der Waals surface area contributed by atoms with Crippen molar-refractivity contribution in [3.8, 4) is 11.5 Å². The fourth-order valence-corrected chi connectivity index (χ4v) is 6.09. The molecule has 0 unspecified atom stereocenters. The van der Waals surface area contributed by atoms with E-state index in [1.54, 1.807) is 65.8 Å². The Kier molecular flexibility index (Phi) is 11.8. The average molecular weight is 860 g/mol. The summed E-state index contributed by atoms with van der Waals surface area (Å²) in [5.41, 5.74) is -0.577. The van der Waals surface area contributed by atoms with E-state index in [4.69, 9.17) is 18.9 Å². The summed E-state index contributed by atoms with van der Waals surface area (Å²) in [5.74, 6) is -2.71. The molecule has 0 saturated heterocycles. The van der Waals surface area contributed by atoms with Crippen LogP contribution in [0.15, 0.2) is 72.5 Å². The topological polar surface area (TPSA) is 105 Å². The number of ether oxygens (including phenoxy) is 4. The van der Waals surface area contributed by atoms with E-state index in [9.17, 15) is 19.2 Å². The SMILES string of the molecule is CC(C)(C)OC(=O)c1cc(Br)cc(Br)c1OC(=O)/C=C/c1ccc(C(=O)Oc2c(Br)cc(Br)cc2C(=O)OC(C)(C)C)cc1. The lowest BCUT2D eigenvalue weighted by molar-refractivity contribution is -0.129. The van der Waals surface area contributed by atoms with Gasteiger partial charge in [0.25, 0.3) is 0 Å². The molecule has 3 aromatic rings. The zero-order valence-corrected chi connectivity index (χ0v) is 30.9. The molecule has 44 heavy (non-hydrogen) atoms. The second kappa shape index (κ2) is 14.5. The Morgan fingerprint density at radius 3 is 1.48 bits per heavy atom. The minimum Gasteiger partial charge on any atom is -0.456 e. The number of rotatable bonds is 7. The highest BCUT2D eigenvalue weighted by atomic mass is 79.9. The Hall–Kier alpha value is -2.80. The van der Waals surface area contributed by atoms with E-state index >= 15 is 0 Å². The van der Waals surface area contributed by atoms with Gasteiger partial charge in [0.15, 0.2) is 11.5 Å². The van der Waals surface area contributed by atoms with Crippen LogP contribution in [0.1, 0.15) is 78.2 Å². The zero-order chi connectivity index (χ0) is 33.0. The first kappa shape index (κ1) is 35.7. The first-order chi connectivity index (χ1) is 20.3. The van der Waals surface area contributed by atoms with Crippen LogP contribution in [0.2, 0.25) is 0 Å². The zero-order valence-electron chi connectivity index (χ0n) is 24.6. The number of halogens is 4. The predicted octanol–water partition coefficient (Wildman–Crippen LogP) is 9.49. The van der Waals surface area contributed by atoms with Crippen molar-refractivity contribution in [2.75, 3.05) is 0 Å². The van der Waals surface area contributed by atoms with E-state index in [-0.39, 0.29) is 28.2 Å². The Labute approximate surface area is 289 Å². The molecule has 0 aliphatic heterocycles. The van der Waals surface area contributed by atoms with Gasteiger partial charge >= 0.3 is 23.9 Å². The Bertz CT molecular complexity index is 1630.